The molecule has 1 aromatic heterocycles. The van der Waals surface area contributed by atoms with Gasteiger partial charge in [0.15, 0.2) is 0 Å². The maximum Gasteiger partial charge on any atom is 0.483 e. The monoisotopic (exact) mass is 292 g/mol. The summed E-state index contributed by atoms with van der Waals surface area (Å²) >= 11 is 0. The summed E-state index contributed by atoms with van der Waals surface area (Å²) in [6.07, 6.45) is 2.55. The van der Waals surface area contributed by atoms with Crippen molar-refractivity contribution in [3.8, 4) is 0 Å². The van der Waals surface area contributed by atoms with Gasteiger partial charge < -0.3 is 20.0 Å². The van der Waals surface area contributed by atoms with Crippen LogP contribution in [0.2, 0.25) is 0 Å². The Bertz CT molecular complexity index is 155. The van der Waals surface area contributed by atoms with Gasteiger partial charge in [-0.25, -0.2) is 0 Å². The van der Waals surface area contributed by atoms with Crippen molar-refractivity contribution in [1.29, 1.82) is 0 Å². The van der Waals surface area contributed by atoms with E-state index in [0.717, 1.165) is 0 Å². The van der Waals surface area contributed by atoms with Crippen molar-refractivity contribution in [1.82, 2.24) is 9.97 Å². The molecule has 47 valence electrons. The van der Waals surface area contributed by atoms with Crippen LogP contribution in [-0.4, -0.2) is 22.2 Å². The smallest absolute Gasteiger partial charge is 0.451 e. The number of hydrogen-bond donors (Lipinski definition) is 2. The second-order valence-electron chi connectivity index (χ2n) is 1.32. The van der Waals surface area contributed by atoms with Gasteiger partial charge in [0.1, 0.15) is 0 Å². The van der Waals surface area contributed by atoms with Crippen LogP contribution in [0.5, 0.6) is 0 Å². The summed E-state index contributed by atoms with van der Waals surface area (Å²) in [6.45, 7) is 0. The minimum absolute atomic E-state index is 0. The standard InChI is InChI=1S/C3H4BN2O2.Ta/c7-4(8)3-1-5-2-6-3;/h1-2,7-8H;/q-1;. The molecule has 0 atom stereocenters. The van der Waals surface area contributed by atoms with Gasteiger partial charge in [-0.1, -0.05) is 12.5 Å². The number of rotatable bonds is 1. The zero-order valence-electron chi connectivity index (χ0n) is 4.47. The van der Waals surface area contributed by atoms with E-state index in [2.05, 4.69) is 9.97 Å². The van der Waals surface area contributed by atoms with Crippen LogP contribution in [0, 0.1) is 0 Å². The van der Waals surface area contributed by atoms with E-state index in [4.69, 9.17) is 10.0 Å². The van der Waals surface area contributed by atoms with Gasteiger partial charge in [0.25, 0.3) is 0 Å². The predicted molar refractivity (Wildman–Crippen MR) is 27.4 cm³/mol. The van der Waals surface area contributed by atoms with Gasteiger partial charge >= 0.3 is 7.12 Å². The van der Waals surface area contributed by atoms with Crippen molar-refractivity contribution >= 4 is 12.7 Å². The summed E-state index contributed by atoms with van der Waals surface area (Å²) in [5.41, 5.74) is 0.185. The third-order valence-electron chi connectivity index (χ3n) is 0.745. The average molecular weight is 292 g/mol. The SMILES string of the molecule is OB(O)c1c[n-]cn1.[Ta]. The fourth-order valence-electron chi connectivity index (χ4n) is 0.376. The molecule has 0 bridgehead atoms. The van der Waals surface area contributed by atoms with Crippen LogP contribution in [0.4, 0.5) is 0 Å². The molecule has 0 spiro atoms. The Balaban J connectivity index is 0.000000640. The molecule has 0 amide bonds. The summed E-state index contributed by atoms with van der Waals surface area (Å²) in [7, 11) is -1.49. The summed E-state index contributed by atoms with van der Waals surface area (Å²) in [4.78, 5) is 7.02. The molecule has 0 saturated heterocycles. The van der Waals surface area contributed by atoms with Crippen LogP contribution < -0.4 is 10.6 Å². The molecule has 1 aromatic rings. The Morgan fingerprint density at radius 3 is 2.44 bits per heavy atom. The van der Waals surface area contributed by atoms with Crippen molar-refractivity contribution in [3.05, 3.63) is 12.5 Å². The zero-order chi connectivity index (χ0) is 5.98. The fourth-order valence-corrected chi connectivity index (χ4v) is 0.376. The number of hydrogen-bond acceptors (Lipinski definition) is 3. The third kappa shape index (κ3) is 2.34. The molecule has 0 aliphatic carbocycles. The molecule has 0 saturated carbocycles. The maximum atomic E-state index is 8.37. The van der Waals surface area contributed by atoms with Crippen LogP contribution in [-0.2, 0) is 22.4 Å². The van der Waals surface area contributed by atoms with Crippen LogP contribution in [0.25, 0.3) is 0 Å². The third-order valence-corrected chi connectivity index (χ3v) is 0.745. The Morgan fingerprint density at radius 2 is 2.22 bits per heavy atom. The van der Waals surface area contributed by atoms with Crippen LogP contribution in [0.15, 0.2) is 12.5 Å². The second-order valence-corrected chi connectivity index (χ2v) is 1.32. The van der Waals surface area contributed by atoms with E-state index in [1.54, 1.807) is 0 Å². The molecule has 1 radical (unpaired) electrons. The van der Waals surface area contributed by atoms with Gasteiger partial charge in [0.2, 0.25) is 0 Å². The fraction of sp³-hybridized carbons (Fsp3) is 0. The first kappa shape index (κ1) is 8.94. The number of imidazole rings is 1. The quantitative estimate of drug-likeness (QED) is 0.572. The molecule has 4 nitrogen and oxygen atoms in total. The van der Waals surface area contributed by atoms with E-state index in [-0.39, 0.29) is 28.0 Å². The molecule has 6 heteroatoms. The maximum absolute atomic E-state index is 8.37. The van der Waals surface area contributed by atoms with E-state index in [1.165, 1.54) is 12.5 Å². The topological polar surface area (TPSA) is 67.5 Å². The van der Waals surface area contributed by atoms with Crippen molar-refractivity contribution < 1.29 is 32.4 Å². The minimum Gasteiger partial charge on any atom is -0.451 e. The normalized spacial score (nSPS) is 8.22. The van der Waals surface area contributed by atoms with Gasteiger partial charge in [-0.3, -0.25) is 0 Å². The Morgan fingerprint density at radius 1 is 1.56 bits per heavy atom. The first-order valence-electron chi connectivity index (χ1n) is 2.09. The van der Waals surface area contributed by atoms with Crippen molar-refractivity contribution in [2.45, 2.75) is 0 Å². The Hall–Kier alpha value is -0.0648. The summed E-state index contributed by atoms with van der Waals surface area (Å²) < 4.78 is 0. The van der Waals surface area contributed by atoms with Gasteiger partial charge in [-0.05, 0) is 5.59 Å². The van der Waals surface area contributed by atoms with Gasteiger partial charge in [-0.2, -0.15) is 0 Å². The summed E-state index contributed by atoms with van der Waals surface area (Å²) in [6, 6.07) is 0. The number of aromatic nitrogens is 2. The predicted octanol–water partition coefficient (Wildman–Crippen LogP) is -2.28. The van der Waals surface area contributed by atoms with E-state index in [9.17, 15) is 0 Å². The van der Waals surface area contributed by atoms with E-state index >= 15 is 0 Å². The molecule has 9 heavy (non-hydrogen) atoms. The van der Waals surface area contributed by atoms with Crippen LogP contribution in [0.3, 0.4) is 0 Å². The molecule has 2 N–H and O–H groups in total. The molecule has 1 rings (SSSR count). The second kappa shape index (κ2) is 3.87. The van der Waals surface area contributed by atoms with Crippen molar-refractivity contribution in [3.63, 3.8) is 0 Å². The minimum atomic E-state index is -1.49. The van der Waals surface area contributed by atoms with E-state index < -0.39 is 7.12 Å². The molecule has 0 aromatic carbocycles. The zero-order valence-corrected chi connectivity index (χ0v) is 7.68. The van der Waals surface area contributed by atoms with Gasteiger partial charge in [0, 0.05) is 22.4 Å². The van der Waals surface area contributed by atoms with Crippen LogP contribution in [0.1, 0.15) is 0 Å². The van der Waals surface area contributed by atoms with Gasteiger partial charge in [0.05, 0.1) is 0 Å². The summed E-state index contributed by atoms with van der Waals surface area (Å²) in [5.74, 6) is 0. The molecule has 1 heterocycles. The van der Waals surface area contributed by atoms with Gasteiger partial charge in [-0.15, -0.1) is 0 Å². The molecular formula is C3H4BN2O2Ta-. The van der Waals surface area contributed by atoms with Crippen molar-refractivity contribution in [2.24, 2.45) is 0 Å². The average Bonchev–Trinajstić information content (AvgIpc) is 2.12. The summed E-state index contributed by atoms with van der Waals surface area (Å²) in [5, 5.41) is 16.7. The largest absolute Gasteiger partial charge is 0.483 e. The van der Waals surface area contributed by atoms with Crippen molar-refractivity contribution in [2.75, 3.05) is 0 Å². The Labute approximate surface area is 68.0 Å². The molecule has 0 fully saturated rings. The molecule has 0 aliphatic rings. The van der Waals surface area contributed by atoms with E-state index in [0.29, 0.717) is 0 Å². The first-order chi connectivity index (χ1) is 3.80. The molecule has 0 unspecified atom stereocenters. The molecular weight excluding hydrogens is 288 g/mol. The first-order valence-corrected chi connectivity index (χ1v) is 2.09. The van der Waals surface area contributed by atoms with Crippen LogP contribution >= 0.6 is 0 Å². The molecule has 0 aliphatic heterocycles. The Kier molecular flexibility index (Phi) is 3.84. The number of nitrogens with zero attached hydrogens (tertiary/aromatic N) is 2. The van der Waals surface area contributed by atoms with E-state index in [1.807, 2.05) is 0 Å².